The number of hydrogen-bond donors (Lipinski definition) is 0. The van der Waals surface area contributed by atoms with Crippen LogP contribution in [0, 0.1) is 0 Å². The summed E-state index contributed by atoms with van der Waals surface area (Å²) in [6.07, 6.45) is 0. The van der Waals surface area contributed by atoms with Crippen molar-refractivity contribution in [1.29, 1.82) is 0 Å². The van der Waals surface area contributed by atoms with E-state index < -0.39 is 10.8 Å². The van der Waals surface area contributed by atoms with Crippen LogP contribution in [0.2, 0.25) is 0 Å². The van der Waals surface area contributed by atoms with Gasteiger partial charge in [-0.15, -0.1) is 0 Å². The molecular weight excluding hydrogens is 364 g/mol. The molecule has 3 rings (SSSR count). The molecular formula is C21H20O5S. The van der Waals surface area contributed by atoms with Gasteiger partial charge < -0.3 is 14.2 Å². The van der Waals surface area contributed by atoms with E-state index in [1.807, 2.05) is 30.3 Å². The van der Waals surface area contributed by atoms with Gasteiger partial charge in [-0.1, -0.05) is 30.3 Å². The molecule has 0 aliphatic carbocycles. The van der Waals surface area contributed by atoms with Gasteiger partial charge in [-0.05, 0) is 29.7 Å². The zero-order chi connectivity index (χ0) is 19.4. The Morgan fingerprint density at radius 2 is 1.52 bits per heavy atom. The van der Waals surface area contributed by atoms with E-state index in [0.29, 0.717) is 27.7 Å². The van der Waals surface area contributed by atoms with Crippen molar-refractivity contribution in [3.05, 3.63) is 60.2 Å². The summed E-state index contributed by atoms with van der Waals surface area (Å²) in [6, 6.07) is 16.2. The molecule has 0 spiro atoms. The van der Waals surface area contributed by atoms with Crippen molar-refractivity contribution in [2.45, 2.75) is 4.90 Å². The van der Waals surface area contributed by atoms with Crippen LogP contribution in [-0.2, 0) is 10.8 Å². The predicted octanol–water partition coefficient (Wildman–Crippen LogP) is 3.86. The van der Waals surface area contributed by atoms with Crippen molar-refractivity contribution < 1.29 is 23.2 Å². The molecule has 0 saturated carbocycles. The Labute approximate surface area is 160 Å². The number of hydrogen-bond acceptors (Lipinski definition) is 5. The molecule has 0 heterocycles. The molecule has 0 saturated heterocycles. The molecule has 0 aromatic heterocycles. The molecule has 27 heavy (non-hydrogen) atoms. The number of carbonyl (C=O) groups is 1. The van der Waals surface area contributed by atoms with Crippen LogP contribution in [0.3, 0.4) is 0 Å². The van der Waals surface area contributed by atoms with Crippen LogP contribution >= 0.6 is 0 Å². The van der Waals surface area contributed by atoms with Crippen LogP contribution in [0.4, 0.5) is 0 Å². The molecule has 6 heteroatoms. The molecule has 0 radical (unpaired) electrons. The Kier molecular flexibility index (Phi) is 5.76. The van der Waals surface area contributed by atoms with Crippen molar-refractivity contribution in [2.24, 2.45) is 0 Å². The lowest BCUT2D eigenvalue weighted by molar-refractivity contribution is 0.102. The minimum atomic E-state index is -1.56. The summed E-state index contributed by atoms with van der Waals surface area (Å²) in [5.41, 5.74) is 0.417. The maximum absolute atomic E-state index is 13.1. The maximum atomic E-state index is 13.1. The zero-order valence-corrected chi connectivity index (χ0v) is 16.2. The van der Waals surface area contributed by atoms with E-state index in [2.05, 4.69) is 0 Å². The average molecular weight is 384 g/mol. The van der Waals surface area contributed by atoms with Crippen molar-refractivity contribution >= 4 is 27.4 Å². The first-order chi connectivity index (χ1) is 13.1. The minimum absolute atomic E-state index is 0.153. The molecule has 3 aromatic rings. The Bertz CT molecular complexity index is 1010. The van der Waals surface area contributed by atoms with Gasteiger partial charge in [0.2, 0.25) is 0 Å². The maximum Gasteiger partial charge on any atom is 0.175 e. The first-order valence-corrected chi connectivity index (χ1v) is 9.60. The second-order valence-electron chi connectivity index (χ2n) is 5.80. The van der Waals surface area contributed by atoms with Crippen LogP contribution in [0.25, 0.3) is 10.8 Å². The Morgan fingerprint density at radius 1 is 0.852 bits per heavy atom. The highest BCUT2D eigenvalue weighted by Crippen LogP contribution is 2.32. The highest BCUT2D eigenvalue weighted by molar-refractivity contribution is 7.86. The Morgan fingerprint density at radius 3 is 2.22 bits per heavy atom. The lowest BCUT2D eigenvalue weighted by atomic mass is 10.1. The number of methoxy groups -OCH3 is 3. The van der Waals surface area contributed by atoms with E-state index in [4.69, 9.17) is 14.2 Å². The Hall–Kier alpha value is -2.86. The van der Waals surface area contributed by atoms with Gasteiger partial charge in [-0.2, -0.15) is 0 Å². The first kappa shape index (κ1) is 18.9. The molecule has 0 bridgehead atoms. The van der Waals surface area contributed by atoms with Gasteiger partial charge in [0, 0.05) is 10.9 Å². The monoisotopic (exact) mass is 384 g/mol. The fraction of sp³-hybridized carbons (Fsp3) is 0.190. The van der Waals surface area contributed by atoms with E-state index in [-0.39, 0.29) is 11.5 Å². The first-order valence-electron chi connectivity index (χ1n) is 8.28. The van der Waals surface area contributed by atoms with Crippen molar-refractivity contribution in [3.8, 4) is 17.2 Å². The van der Waals surface area contributed by atoms with Crippen LogP contribution in [0.5, 0.6) is 17.2 Å². The van der Waals surface area contributed by atoms with Gasteiger partial charge in [0.25, 0.3) is 0 Å². The van der Waals surface area contributed by atoms with E-state index in [1.165, 1.54) is 21.3 Å². The predicted molar refractivity (Wildman–Crippen MR) is 106 cm³/mol. The van der Waals surface area contributed by atoms with Crippen molar-refractivity contribution in [3.63, 3.8) is 0 Å². The average Bonchev–Trinajstić information content (AvgIpc) is 2.71. The van der Waals surface area contributed by atoms with Gasteiger partial charge in [0.15, 0.2) is 17.3 Å². The molecule has 3 aromatic carbocycles. The number of fused-ring (bicyclic) bond motifs is 1. The number of ketones is 1. The quantitative estimate of drug-likeness (QED) is 0.579. The second-order valence-corrected chi connectivity index (χ2v) is 7.19. The number of ether oxygens (including phenoxy) is 3. The second kappa shape index (κ2) is 8.22. The van der Waals surface area contributed by atoms with E-state index in [0.717, 1.165) is 10.8 Å². The number of benzene rings is 3. The third-order valence-corrected chi connectivity index (χ3v) is 5.66. The molecule has 0 aliphatic rings. The summed E-state index contributed by atoms with van der Waals surface area (Å²) in [7, 11) is 3.00. The van der Waals surface area contributed by atoms with Crippen LogP contribution in [-0.4, -0.2) is 37.1 Å². The van der Waals surface area contributed by atoms with E-state index in [9.17, 15) is 9.00 Å². The molecule has 5 nitrogen and oxygen atoms in total. The lowest BCUT2D eigenvalue weighted by Crippen LogP contribution is -2.12. The third-order valence-electron chi connectivity index (χ3n) is 4.26. The molecule has 0 N–H and O–H groups in total. The molecule has 0 amide bonds. The fourth-order valence-electron chi connectivity index (χ4n) is 2.90. The number of Topliss-reactive ketones (excluding diaryl/α,β-unsaturated/α-hetero) is 1. The molecule has 0 fully saturated rings. The number of carbonyl (C=O) groups excluding carboxylic acids is 1. The topological polar surface area (TPSA) is 61.8 Å². The van der Waals surface area contributed by atoms with Gasteiger partial charge in [-0.25, -0.2) is 0 Å². The van der Waals surface area contributed by atoms with E-state index in [1.54, 1.807) is 24.3 Å². The zero-order valence-electron chi connectivity index (χ0n) is 15.4. The summed E-state index contributed by atoms with van der Waals surface area (Å²) in [5.74, 6) is 1.10. The largest absolute Gasteiger partial charge is 0.495 e. The van der Waals surface area contributed by atoms with Crippen molar-refractivity contribution in [1.82, 2.24) is 0 Å². The van der Waals surface area contributed by atoms with Crippen molar-refractivity contribution in [2.75, 3.05) is 27.1 Å². The highest BCUT2D eigenvalue weighted by Gasteiger charge is 2.20. The van der Waals surface area contributed by atoms with Gasteiger partial charge in [0.05, 0.1) is 42.8 Å². The lowest BCUT2D eigenvalue weighted by Gasteiger charge is -2.12. The molecule has 140 valence electrons. The molecule has 0 aliphatic heterocycles. The summed E-state index contributed by atoms with van der Waals surface area (Å²) >= 11 is 0. The summed E-state index contributed by atoms with van der Waals surface area (Å²) in [5, 5.41) is 1.76. The normalized spacial score (nSPS) is 11.8. The molecule has 1 unspecified atom stereocenters. The van der Waals surface area contributed by atoms with Crippen LogP contribution in [0.15, 0.2) is 59.5 Å². The highest BCUT2D eigenvalue weighted by atomic mass is 32.2. The van der Waals surface area contributed by atoms with Gasteiger partial charge in [-0.3, -0.25) is 9.00 Å². The third kappa shape index (κ3) is 3.80. The standard InChI is InChI=1S/C21H20O5S/c1-24-18-10-9-15(12-20(18)26-3)17(22)13-27(23)21-16-7-5-4-6-14(16)8-11-19(21)25-2/h4-12H,13H2,1-3H3. The van der Waals surface area contributed by atoms with E-state index >= 15 is 0 Å². The summed E-state index contributed by atoms with van der Waals surface area (Å²) < 4.78 is 28.9. The summed E-state index contributed by atoms with van der Waals surface area (Å²) in [4.78, 5) is 13.2. The van der Waals surface area contributed by atoms with Crippen LogP contribution < -0.4 is 14.2 Å². The van der Waals surface area contributed by atoms with Gasteiger partial charge in [0.1, 0.15) is 5.75 Å². The SMILES string of the molecule is COc1ccc(C(=O)CS(=O)c2c(OC)ccc3ccccc23)cc1OC. The summed E-state index contributed by atoms with van der Waals surface area (Å²) in [6.45, 7) is 0. The fourth-order valence-corrected chi connectivity index (χ4v) is 4.26. The van der Waals surface area contributed by atoms with Crippen LogP contribution in [0.1, 0.15) is 10.4 Å². The number of rotatable bonds is 7. The van der Waals surface area contributed by atoms with Gasteiger partial charge >= 0.3 is 0 Å². The Balaban J connectivity index is 1.94. The molecule has 1 atom stereocenters. The minimum Gasteiger partial charge on any atom is -0.495 e. The smallest absolute Gasteiger partial charge is 0.175 e.